The number of esters is 2. The van der Waals surface area contributed by atoms with Crippen LogP contribution in [0.5, 0.6) is 0 Å². The molecule has 0 spiro atoms. The first kappa shape index (κ1) is 20.2. The van der Waals surface area contributed by atoms with E-state index in [0.717, 1.165) is 72.2 Å². The molecule has 0 radical (unpaired) electrons. The first-order valence-corrected chi connectivity index (χ1v) is 10.4. The molecule has 1 aliphatic carbocycles. The zero-order chi connectivity index (χ0) is 20.3. The molecule has 2 aromatic rings. The third kappa shape index (κ3) is 3.48. The minimum Gasteiger partial charge on any atom is -0.461 e. The SMILES string of the molecule is CCOC(=O)c1[nH]c2c(c1CC)CCCCc1c-2[nH]c(C(=O)OCC)c1CC. The molecular weight excluding hydrogens is 356 g/mol. The third-order valence-corrected chi connectivity index (χ3v) is 5.46. The Morgan fingerprint density at radius 1 is 0.750 bits per heavy atom. The van der Waals surface area contributed by atoms with Gasteiger partial charge in [-0.1, -0.05) is 13.8 Å². The second kappa shape index (κ2) is 8.67. The fourth-order valence-electron chi connectivity index (χ4n) is 4.27. The number of aromatic nitrogens is 2. The Bertz CT molecular complexity index is 803. The molecule has 0 amide bonds. The van der Waals surface area contributed by atoms with Crippen molar-refractivity contribution in [2.75, 3.05) is 13.2 Å². The summed E-state index contributed by atoms with van der Waals surface area (Å²) in [6, 6.07) is 0. The smallest absolute Gasteiger partial charge is 0.355 e. The van der Waals surface area contributed by atoms with Crippen LogP contribution < -0.4 is 0 Å². The lowest BCUT2D eigenvalue weighted by atomic mass is 9.91. The quantitative estimate of drug-likeness (QED) is 0.722. The highest BCUT2D eigenvalue weighted by molar-refractivity contribution is 5.94. The summed E-state index contributed by atoms with van der Waals surface area (Å²) in [5.74, 6) is -0.638. The Morgan fingerprint density at radius 3 is 1.46 bits per heavy atom. The van der Waals surface area contributed by atoms with Crippen molar-refractivity contribution in [3.8, 4) is 11.4 Å². The van der Waals surface area contributed by atoms with Gasteiger partial charge in [0.25, 0.3) is 0 Å². The van der Waals surface area contributed by atoms with E-state index in [9.17, 15) is 9.59 Å². The van der Waals surface area contributed by atoms with Crippen LogP contribution in [0, 0.1) is 0 Å². The third-order valence-electron chi connectivity index (χ3n) is 5.46. The van der Waals surface area contributed by atoms with E-state index in [1.165, 1.54) is 0 Å². The monoisotopic (exact) mass is 386 g/mol. The molecule has 0 fully saturated rings. The van der Waals surface area contributed by atoms with Crippen LogP contribution in [0.15, 0.2) is 0 Å². The minimum absolute atomic E-state index is 0.319. The summed E-state index contributed by atoms with van der Waals surface area (Å²) < 4.78 is 10.5. The fraction of sp³-hybridized carbons (Fsp3) is 0.545. The number of rotatable bonds is 6. The molecule has 28 heavy (non-hydrogen) atoms. The number of carbonyl (C=O) groups excluding carboxylic acids is 2. The van der Waals surface area contributed by atoms with Gasteiger partial charge in [0.05, 0.1) is 24.6 Å². The zero-order valence-corrected chi connectivity index (χ0v) is 17.3. The minimum atomic E-state index is -0.319. The van der Waals surface area contributed by atoms with E-state index < -0.39 is 0 Å². The van der Waals surface area contributed by atoms with Crippen LogP contribution in [0.3, 0.4) is 0 Å². The van der Waals surface area contributed by atoms with Gasteiger partial charge in [0.1, 0.15) is 11.4 Å². The average molecular weight is 386 g/mol. The van der Waals surface area contributed by atoms with Crippen LogP contribution in [0.25, 0.3) is 11.4 Å². The Hall–Kier alpha value is -2.50. The Morgan fingerprint density at radius 2 is 1.14 bits per heavy atom. The largest absolute Gasteiger partial charge is 0.461 e. The molecule has 2 heterocycles. The number of H-pyrrole nitrogens is 2. The van der Waals surface area contributed by atoms with Gasteiger partial charge in [-0.3, -0.25) is 0 Å². The summed E-state index contributed by atoms with van der Waals surface area (Å²) in [5.41, 5.74) is 7.26. The second-order valence-corrected chi connectivity index (χ2v) is 7.02. The molecule has 2 aromatic heterocycles. The van der Waals surface area contributed by atoms with Crippen LogP contribution in [-0.4, -0.2) is 35.1 Å². The summed E-state index contributed by atoms with van der Waals surface area (Å²) >= 11 is 0. The molecule has 0 aliphatic heterocycles. The van der Waals surface area contributed by atoms with Crippen molar-refractivity contribution in [3.05, 3.63) is 33.6 Å². The number of carbonyl (C=O) groups is 2. The maximum atomic E-state index is 12.5. The zero-order valence-electron chi connectivity index (χ0n) is 17.3. The summed E-state index contributed by atoms with van der Waals surface area (Å²) in [4.78, 5) is 31.7. The van der Waals surface area contributed by atoms with Crippen LogP contribution in [0.4, 0.5) is 0 Å². The van der Waals surface area contributed by atoms with Crippen molar-refractivity contribution in [2.24, 2.45) is 0 Å². The van der Waals surface area contributed by atoms with Crippen molar-refractivity contribution in [3.63, 3.8) is 0 Å². The summed E-state index contributed by atoms with van der Waals surface area (Å²) in [6.45, 7) is 8.42. The van der Waals surface area contributed by atoms with Gasteiger partial charge >= 0.3 is 11.9 Å². The topological polar surface area (TPSA) is 84.2 Å². The van der Waals surface area contributed by atoms with Gasteiger partial charge in [0.15, 0.2) is 0 Å². The molecule has 0 saturated carbocycles. The summed E-state index contributed by atoms with van der Waals surface area (Å²) in [7, 11) is 0. The van der Waals surface area contributed by atoms with E-state index in [1.807, 2.05) is 13.8 Å². The van der Waals surface area contributed by atoms with E-state index in [1.54, 1.807) is 0 Å². The van der Waals surface area contributed by atoms with Gasteiger partial charge in [-0.05, 0) is 74.6 Å². The molecule has 152 valence electrons. The molecule has 3 rings (SSSR count). The van der Waals surface area contributed by atoms with Gasteiger partial charge in [-0.25, -0.2) is 9.59 Å². The predicted octanol–water partition coefficient (Wildman–Crippen LogP) is 4.37. The van der Waals surface area contributed by atoms with E-state index in [4.69, 9.17) is 9.47 Å². The number of hydrogen-bond acceptors (Lipinski definition) is 4. The number of nitrogens with one attached hydrogen (secondary N) is 2. The van der Waals surface area contributed by atoms with Gasteiger partial charge in [-0.2, -0.15) is 0 Å². The average Bonchev–Trinajstić information content (AvgIpc) is 3.21. The highest BCUT2D eigenvalue weighted by Crippen LogP contribution is 2.37. The standard InChI is InChI=1S/C22H30N2O4/c1-5-13-15-11-9-10-12-16-14(6-2)20(22(26)28-8-4)24-18(16)17(15)23-19(13)21(25)27-7-3/h23-24H,5-12H2,1-4H3. The Labute approximate surface area is 166 Å². The maximum Gasteiger partial charge on any atom is 0.355 e. The molecule has 2 N–H and O–H groups in total. The number of aromatic amines is 2. The van der Waals surface area contributed by atoms with E-state index in [0.29, 0.717) is 24.6 Å². The highest BCUT2D eigenvalue weighted by atomic mass is 16.5. The summed E-state index contributed by atoms with van der Waals surface area (Å²) in [6.07, 6.45) is 5.40. The van der Waals surface area contributed by atoms with Crippen molar-refractivity contribution >= 4 is 11.9 Å². The maximum absolute atomic E-state index is 12.5. The van der Waals surface area contributed by atoms with Gasteiger partial charge in [0, 0.05) is 0 Å². The number of fused-ring (bicyclic) bond motifs is 3. The Balaban J connectivity index is 2.21. The summed E-state index contributed by atoms with van der Waals surface area (Å²) in [5, 5.41) is 0. The molecule has 1 aliphatic rings. The van der Waals surface area contributed by atoms with Gasteiger partial charge < -0.3 is 19.4 Å². The van der Waals surface area contributed by atoms with E-state index >= 15 is 0 Å². The van der Waals surface area contributed by atoms with Crippen LogP contribution in [0.1, 0.15) is 83.8 Å². The van der Waals surface area contributed by atoms with Gasteiger partial charge in [-0.15, -0.1) is 0 Å². The second-order valence-electron chi connectivity index (χ2n) is 7.02. The van der Waals surface area contributed by atoms with Crippen molar-refractivity contribution in [1.29, 1.82) is 0 Å². The lowest BCUT2D eigenvalue weighted by Crippen LogP contribution is -2.08. The lowest BCUT2D eigenvalue weighted by Gasteiger charge is -2.13. The van der Waals surface area contributed by atoms with Crippen molar-refractivity contribution in [2.45, 2.75) is 66.2 Å². The molecule has 6 nitrogen and oxygen atoms in total. The van der Waals surface area contributed by atoms with E-state index in [-0.39, 0.29) is 11.9 Å². The first-order chi connectivity index (χ1) is 13.6. The van der Waals surface area contributed by atoms with Gasteiger partial charge in [0.2, 0.25) is 0 Å². The van der Waals surface area contributed by atoms with E-state index in [2.05, 4.69) is 23.8 Å². The fourth-order valence-corrected chi connectivity index (χ4v) is 4.27. The molecule has 0 saturated heterocycles. The van der Waals surface area contributed by atoms with Crippen LogP contribution >= 0.6 is 0 Å². The van der Waals surface area contributed by atoms with Crippen molar-refractivity contribution in [1.82, 2.24) is 9.97 Å². The first-order valence-electron chi connectivity index (χ1n) is 10.4. The molecule has 6 heteroatoms. The molecule has 0 bridgehead atoms. The Kier molecular flexibility index (Phi) is 6.27. The lowest BCUT2D eigenvalue weighted by molar-refractivity contribution is 0.0509. The molecule has 0 aromatic carbocycles. The molecule has 0 atom stereocenters. The predicted molar refractivity (Wildman–Crippen MR) is 108 cm³/mol. The van der Waals surface area contributed by atoms with Crippen LogP contribution in [0.2, 0.25) is 0 Å². The molecular formula is C22H30N2O4. The number of hydrogen-bond donors (Lipinski definition) is 2. The number of ether oxygens (including phenoxy) is 2. The highest BCUT2D eigenvalue weighted by Gasteiger charge is 2.29. The van der Waals surface area contributed by atoms with Crippen molar-refractivity contribution < 1.29 is 19.1 Å². The van der Waals surface area contributed by atoms with Crippen LogP contribution in [-0.2, 0) is 35.2 Å². The normalized spacial score (nSPS) is 13.3. The molecule has 0 unspecified atom stereocenters.